The SMILES string of the molecule is COC(=O)[C@H](C)[C@H](O)CC[C@](C)(O)CCC1=C(C)CCCC1(C)C. The van der Waals surface area contributed by atoms with Crippen LogP contribution in [0.4, 0.5) is 0 Å². The van der Waals surface area contributed by atoms with Crippen LogP contribution in [0.5, 0.6) is 0 Å². The van der Waals surface area contributed by atoms with Crippen LogP contribution >= 0.6 is 0 Å². The van der Waals surface area contributed by atoms with Crippen molar-refractivity contribution in [2.24, 2.45) is 11.3 Å². The molecule has 0 saturated heterocycles. The van der Waals surface area contributed by atoms with Crippen LogP contribution in [0.2, 0.25) is 0 Å². The molecule has 0 heterocycles. The van der Waals surface area contributed by atoms with Crippen LogP contribution in [0.1, 0.15) is 79.6 Å². The Balaban J connectivity index is 2.56. The zero-order valence-electron chi connectivity index (χ0n) is 16.3. The molecule has 140 valence electrons. The normalized spacial score (nSPS) is 22.7. The molecule has 0 spiro atoms. The first kappa shape index (κ1) is 21.2. The number of hydrogen-bond acceptors (Lipinski definition) is 4. The van der Waals surface area contributed by atoms with E-state index in [1.165, 1.54) is 31.1 Å². The molecule has 0 aromatic heterocycles. The van der Waals surface area contributed by atoms with Crippen LogP contribution in [0.25, 0.3) is 0 Å². The third-order valence-electron chi connectivity index (χ3n) is 5.73. The molecule has 4 heteroatoms. The summed E-state index contributed by atoms with van der Waals surface area (Å²) in [5, 5.41) is 20.8. The summed E-state index contributed by atoms with van der Waals surface area (Å²) in [6.45, 7) is 10.3. The fourth-order valence-electron chi connectivity index (χ4n) is 3.80. The van der Waals surface area contributed by atoms with Crippen LogP contribution in [0.3, 0.4) is 0 Å². The predicted octanol–water partition coefficient (Wildman–Crippen LogP) is 3.99. The Labute approximate surface area is 147 Å². The van der Waals surface area contributed by atoms with Gasteiger partial charge in [0.05, 0.1) is 24.7 Å². The summed E-state index contributed by atoms with van der Waals surface area (Å²) in [6, 6.07) is 0. The van der Waals surface area contributed by atoms with Crippen molar-refractivity contribution >= 4 is 5.97 Å². The molecule has 1 aliphatic rings. The maximum Gasteiger partial charge on any atom is 0.311 e. The molecule has 0 radical (unpaired) electrons. The minimum Gasteiger partial charge on any atom is -0.469 e. The number of aliphatic hydroxyl groups is 2. The second-order valence-electron chi connectivity index (χ2n) is 8.41. The Morgan fingerprint density at radius 3 is 2.54 bits per heavy atom. The summed E-state index contributed by atoms with van der Waals surface area (Å²) in [6.07, 6.45) is 5.28. The molecule has 0 aromatic carbocycles. The summed E-state index contributed by atoms with van der Waals surface area (Å²) in [5.74, 6) is -0.972. The molecule has 0 fully saturated rings. The van der Waals surface area contributed by atoms with E-state index in [1.54, 1.807) is 6.92 Å². The largest absolute Gasteiger partial charge is 0.469 e. The molecule has 3 atom stereocenters. The molecule has 0 aliphatic heterocycles. The highest BCUT2D eigenvalue weighted by atomic mass is 16.5. The maximum atomic E-state index is 11.5. The van der Waals surface area contributed by atoms with Gasteiger partial charge >= 0.3 is 5.97 Å². The Morgan fingerprint density at radius 1 is 1.38 bits per heavy atom. The lowest BCUT2D eigenvalue weighted by atomic mass is 9.70. The van der Waals surface area contributed by atoms with Gasteiger partial charge in [0.25, 0.3) is 0 Å². The first-order chi connectivity index (χ1) is 11.0. The van der Waals surface area contributed by atoms with Gasteiger partial charge < -0.3 is 14.9 Å². The van der Waals surface area contributed by atoms with Crippen LogP contribution in [0, 0.1) is 11.3 Å². The number of esters is 1. The Hall–Kier alpha value is -0.870. The van der Waals surface area contributed by atoms with Gasteiger partial charge in [0.15, 0.2) is 0 Å². The van der Waals surface area contributed by atoms with Crippen molar-refractivity contribution in [2.75, 3.05) is 7.11 Å². The highest BCUT2D eigenvalue weighted by Crippen LogP contribution is 2.43. The average molecular weight is 341 g/mol. The third kappa shape index (κ3) is 5.89. The van der Waals surface area contributed by atoms with Gasteiger partial charge in [-0.15, -0.1) is 0 Å². The molecule has 0 unspecified atom stereocenters. The molecule has 0 bridgehead atoms. The van der Waals surface area contributed by atoms with Gasteiger partial charge in [-0.25, -0.2) is 0 Å². The van der Waals surface area contributed by atoms with E-state index < -0.39 is 23.6 Å². The minimum absolute atomic E-state index is 0.220. The van der Waals surface area contributed by atoms with Crippen molar-refractivity contribution in [3.63, 3.8) is 0 Å². The number of allylic oxidation sites excluding steroid dienone is 2. The Kier molecular flexibility index (Phi) is 7.48. The van der Waals surface area contributed by atoms with Gasteiger partial charge in [0.2, 0.25) is 0 Å². The van der Waals surface area contributed by atoms with E-state index in [0.29, 0.717) is 19.3 Å². The fraction of sp³-hybridized carbons (Fsp3) is 0.850. The molecular formula is C20H36O4. The second-order valence-corrected chi connectivity index (χ2v) is 8.41. The van der Waals surface area contributed by atoms with Gasteiger partial charge in [-0.3, -0.25) is 4.79 Å². The highest BCUT2D eigenvalue weighted by molar-refractivity contribution is 5.72. The maximum absolute atomic E-state index is 11.5. The van der Waals surface area contributed by atoms with Crippen LogP contribution in [0.15, 0.2) is 11.1 Å². The molecule has 24 heavy (non-hydrogen) atoms. The molecule has 1 aliphatic carbocycles. The quantitative estimate of drug-likeness (QED) is 0.518. The van der Waals surface area contributed by atoms with Crippen molar-refractivity contribution in [2.45, 2.75) is 91.3 Å². The number of carbonyl (C=O) groups excluding carboxylic acids is 1. The number of aliphatic hydroxyl groups excluding tert-OH is 1. The van der Waals surface area contributed by atoms with Crippen molar-refractivity contribution in [3.8, 4) is 0 Å². The smallest absolute Gasteiger partial charge is 0.311 e. The fourth-order valence-corrected chi connectivity index (χ4v) is 3.80. The standard InChI is InChI=1S/C20H36O4/c1-14-8-7-11-19(3,4)16(14)9-12-20(5,23)13-10-17(21)15(2)18(22)24-6/h15,17,21,23H,7-13H2,1-6H3/t15-,17-,20-/m1/s1. The van der Waals surface area contributed by atoms with E-state index in [9.17, 15) is 15.0 Å². The van der Waals surface area contributed by atoms with E-state index in [4.69, 9.17) is 0 Å². The van der Waals surface area contributed by atoms with E-state index in [0.717, 1.165) is 12.8 Å². The lowest BCUT2D eigenvalue weighted by Gasteiger charge is -2.36. The van der Waals surface area contributed by atoms with Crippen molar-refractivity contribution in [1.82, 2.24) is 0 Å². The van der Waals surface area contributed by atoms with Gasteiger partial charge in [-0.05, 0) is 71.1 Å². The molecule has 0 saturated carbocycles. The topological polar surface area (TPSA) is 66.8 Å². The van der Waals surface area contributed by atoms with Gasteiger partial charge in [-0.1, -0.05) is 25.0 Å². The zero-order valence-corrected chi connectivity index (χ0v) is 16.3. The molecule has 0 amide bonds. The van der Waals surface area contributed by atoms with E-state index in [-0.39, 0.29) is 5.41 Å². The van der Waals surface area contributed by atoms with Gasteiger partial charge in [0, 0.05) is 0 Å². The molecule has 2 N–H and O–H groups in total. The number of hydrogen-bond donors (Lipinski definition) is 2. The Bertz CT molecular complexity index is 462. The number of methoxy groups -OCH3 is 1. The van der Waals surface area contributed by atoms with Crippen LogP contribution in [-0.4, -0.2) is 35.0 Å². The van der Waals surface area contributed by atoms with Gasteiger partial charge in [0.1, 0.15) is 0 Å². The molecule has 4 nitrogen and oxygen atoms in total. The number of carbonyl (C=O) groups is 1. The summed E-state index contributed by atoms with van der Waals surface area (Å²) >= 11 is 0. The molecule has 1 rings (SSSR count). The average Bonchev–Trinajstić information content (AvgIpc) is 2.49. The summed E-state index contributed by atoms with van der Waals surface area (Å²) in [4.78, 5) is 11.5. The Morgan fingerprint density at radius 2 is 2.00 bits per heavy atom. The number of ether oxygens (including phenoxy) is 1. The van der Waals surface area contributed by atoms with Crippen LogP contribution < -0.4 is 0 Å². The molecular weight excluding hydrogens is 304 g/mol. The van der Waals surface area contributed by atoms with E-state index in [1.807, 2.05) is 6.92 Å². The lowest BCUT2D eigenvalue weighted by Crippen LogP contribution is -2.32. The minimum atomic E-state index is -0.836. The summed E-state index contributed by atoms with van der Waals surface area (Å²) < 4.78 is 4.66. The van der Waals surface area contributed by atoms with Crippen LogP contribution in [-0.2, 0) is 9.53 Å². The molecule has 0 aromatic rings. The van der Waals surface area contributed by atoms with Crippen molar-refractivity contribution in [3.05, 3.63) is 11.1 Å². The summed E-state index contributed by atoms with van der Waals surface area (Å²) in [5.41, 5.74) is 2.34. The van der Waals surface area contributed by atoms with Crippen molar-refractivity contribution < 1.29 is 19.7 Å². The summed E-state index contributed by atoms with van der Waals surface area (Å²) in [7, 11) is 1.32. The van der Waals surface area contributed by atoms with Crippen molar-refractivity contribution in [1.29, 1.82) is 0 Å². The first-order valence-electron chi connectivity index (χ1n) is 9.17. The van der Waals surface area contributed by atoms with E-state index >= 15 is 0 Å². The highest BCUT2D eigenvalue weighted by Gasteiger charge is 2.31. The third-order valence-corrected chi connectivity index (χ3v) is 5.73. The number of rotatable bonds is 8. The van der Waals surface area contributed by atoms with E-state index in [2.05, 4.69) is 25.5 Å². The first-order valence-corrected chi connectivity index (χ1v) is 9.17. The lowest BCUT2D eigenvalue weighted by molar-refractivity contribution is -0.149. The van der Waals surface area contributed by atoms with Gasteiger partial charge in [-0.2, -0.15) is 0 Å². The second kappa shape index (κ2) is 8.48. The zero-order chi connectivity index (χ0) is 18.5. The monoisotopic (exact) mass is 340 g/mol. The predicted molar refractivity (Wildman–Crippen MR) is 96.6 cm³/mol.